The first-order valence-corrected chi connectivity index (χ1v) is 7.23. The fourth-order valence-corrected chi connectivity index (χ4v) is 2.12. The maximum Gasteiger partial charge on any atom is 0.326 e. The van der Waals surface area contributed by atoms with E-state index >= 15 is 0 Å². The van der Waals surface area contributed by atoms with Gasteiger partial charge in [-0.1, -0.05) is 20.3 Å². The number of nitrogens with one attached hydrogen (secondary N) is 2. The van der Waals surface area contributed by atoms with Crippen LogP contribution in [0.1, 0.15) is 33.1 Å². The van der Waals surface area contributed by atoms with Crippen LogP contribution in [0.5, 0.6) is 0 Å². The van der Waals surface area contributed by atoms with E-state index in [4.69, 9.17) is 5.11 Å². The summed E-state index contributed by atoms with van der Waals surface area (Å²) >= 11 is 1.65. The van der Waals surface area contributed by atoms with Gasteiger partial charge in [0.25, 0.3) is 0 Å². The van der Waals surface area contributed by atoms with Crippen molar-refractivity contribution in [3.05, 3.63) is 0 Å². The quantitative estimate of drug-likeness (QED) is 0.622. The fourth-order valence-electron chi connectivity index (χ4n) is 1.39. The summed E-state index contributed by atoms with van der Waals surface area (Å²) in [6, 6.07) is -1.11. The molecule has 0 aliphatic carbocycles. The van der Waals surface area contributed by atoms with Crippen LogP contribution in [0.2, 0.25) is 0 Å². The minimum Gasteiger partial charge on any atom is -0.480 e. The Hall–Kier alpha value is -0.910. The molecule has 17 heavy (non-hydrogen) atoms. The van der Waals surface area contributed by atoms with E-state index in [1.807, 2.05) is 20.1 Å². The molecule has 0 heterocycles. The van der Waals surface area contributed by atoms with Gasteiger partial charge in [-0.05, 0) is 19.1 Å². The summed E-state index contributed by atoms with van der Waals surface area (Å²) in [6.07, 6.45) is 3.97. The molecule has 0 saturated heterocycles. The van der Waals surface area contributed by atoms with Crippen LogP contribution in [0.3, 0.4) is 0 Å². The van der Waals surface area contributed by atoms with Crippen molar-refractivity contribution in [1.29, 1.82) is 0 Å². The first kappa shape index (κ1) is 16.1. The highest BCUT2D eigenvalue weighted by Crippen LogP contribution is 2.01. The molecule has 0 aromatic rings. The zero-order chi connectivity index (χ0) is 13.3. The number of rotatable bonds is 8. The highest BCUT2D eigenvalue weighted by Gasteiger charge is 2.19. The lowest BCUT2D eigenvalue weighted by atomic mass is 10.2. The second kappa shape index (κ2) is 9.15. The van der Waals surface area contributed by atoms with Gasteiger partial charge in [0.15, 0.2) is 0 Å². The second-order valence-corrected chi connectivity index (χ2v) is 4.77. The van der Waals surface area contributed by atoms with Crippen molar-refractivity contribution in [3.63, 3.8) is 0 Å². The van der Waals surface area contributed by atoms with Crippen LogP contribution in [0.25, 0.3) is 0 Å². The van der Waals surface area contributed by atoms with E-state index < -0.39 is 18.0 Å². The molecule has 0 aliphatic heterocycles. The van der Waals surface area contributed by atoms with Gasteiger partial charge >= 0.3 is 12.0 Å². The molecule has 0 rings (SSSR count). The SMILES string of the molecule is CCC[C@@H](NC(=O)NC(CC)CSC)C(=O)O. The van der Waals surface area contributed by atoms with Crippen LogP contribution < -0.4 is 10.6 Å². The minimum atomic E-state index is -0.986. The van der Waals surface area contributed by atoms with Gasteiger partial charge in [-0.15, -0.1) is 0 Å². The number of hydrogen-bond donors (Lipinski definition) is 3. The van der Waals surface area contributed by atoms with Gasteiger partial charge in [0, 0.05) is 11.8 Å². The van der Waals surface area contributed by atoms with Crippen LogP contribution in [0, 0.1) is 0 Å². The number of carbonyl (C=O) groups is 2. The van der Waals surface area contributed by atoms with Gasteiger partial charge in [0.2, 0.25) is 0 Å². The van der Waals surface area contributed by atoms with E-state index in [9.17, 15) is 9.59 Å². The average molecular weight is 262 g/mol. The Morgan fingerprint density at radius 1 is 1.29 bits per heavy atom. The third-order valence-corrected chi connectivity index (χ3v) is 3.11. The molecule has 0 spiro atoms. The van der Waals surface area contributed by atoms with Crippen molar-refractivity contribution in [2.75, 3.05) is 12.0 Å². The maximum atomic E-state index is 11.6. The molecule has 0 aliphatic rings. The molecule has 1 unspecified atom stereocenters. The molecule has 0 radical (unpaired) electrons. The van der Waals surface area contributed by atoms with Gasteiger partial charge in [-0.25, -0.2) is 9.59 Å². The Bertz CT molecular complexity index is 249. The van der Waals surface area contributed by atoms with E-state index in [1.165, 1.54) is 0 Å². The number of aliphatic carboxylic acids is 1. The first-order valence-electron chi connectivity index (χ1n) is 5.83. The Kier molecular flexibility index (Phi) is 8.66. The Labute approximate surface area is 107 Å². The van der Waals surface area contributed by atoms with Crippen molar-refractivity contribution < 1.29 is 14.7 Å². The van der Waals surface area contributed by atoms with Gasteiger partial charge in [-0.3, -0.25) is 0 Å². The minimum absolute atomic E-state index is 0.0843. The smallest absolute Gasteiger partial charge is 0.326 e. The molecule has 0 bridgehead atoms. The zero-order valence-corrected chi connectivity index (χ0v) is 11.5. The monoisotopic (exact) mass is 262 g/mol. The third-order valence-electron chi connectivity index (χ3n) is 2.38. The highest BCUT2D eigenvalue weighted by molar-refractivity contribution is 7.98. The molecular formula is C11H22N2O3S. The van der Waals surface area contributed by atoms with Crippen LogP contribution in [0.15, 0.2) is 0 Å². The number of carboxylic acids is 1. The molecular weight excluding hydrogens is 240 g/mol. The summed E-state index contributed by atoms with van der Waals surface area (Å²) in [6.45, 7) is 3.87. The molecule has 0 aromatic carbocycles. The molecule has 0 aromatic heterocycles. The van der Waals surface area contributed by atoms with E-state index in [0.717, 1.165) is 18.6 Å². The fraction of sp³-hybridized carbons (Fsp3) is 0.818. The Morgan fingerprint density at radius 3 is 2.35 bits per heavy atom. The molecule has 100 valence electrons. The number of hydrogen-bond acceptors (Lipinski definition) is 3. The van der Waals surface area contributed by atoms with Crippen molar-refractivity contribution in [2.45, 2.75) is 45.2 Å². The number of thioether (sulfide) groups is 1. The molecule has 0 saturated carbocycles. The van der Waals surface area contributed by atoms with Crippen molar-refractivity contribution in [1.82, 2.24) is 10.6 Å². The molecule has 6 heteroatoms. The maximum absolute atomic E-state index is 11.6. The van der Waals surface area contributed by atoms with E-state index in [2.05, 4.69) is 10.6 Å². The average Bonchev–Trinajstić information content (AvgIpc) is 2.27. The van der Waals surface area contributed by atoms with Crippen LogP contribution in [-0.4, -0.2) is 41.2 Å². The number of carbonyl (C=O) groups excluding carboxylic acids is 1. The zero-order valence-electron chi connectivity index (χ0n) is 10.7. The molecule has 3 N–H and O–H groups in total. The normalized spacial score (nSPS) is 13.8. The summed E-state index contributed by atoms with van der Waals surface area (Å²) in [5.41, 5.74) is 0. The molecule has 2 atom stereocenters. The van der Waals surface area contributed by atoms with E-state index in [0.29, 0.717) is 6.42 Å². The standard InChI is InChI=1S/C11H22N2O3S/c1-4-6-9(10(14)15)13-11(16)12-8(5-2)7-17-3/h8-9H,4-7H2,1-3H3,(H,14,15)(H2,12,13,16)/t8?,9-/m1/s1. The predicted octanol–water partition coefficient (Wildman–Crippen LogP) is 1.68. The number of urea groups is 1. The summed E-state index contributed by atoms with van der Waals surface area (Å²) in [5.74, 6) is -0.157. The summed E-state index contributed by atoms with van der Waals surface area (Å²) in [4.78, 5) is 22.4. The van der Waals surface area contributed by atoms with Gasteiger partial charge in [0.1, 0.15) is 6.04 Å². The van der Waals surface area contributed by atoms with Gasteiger partial charge < -0.3 is 15.7 Å². The predicted molar refractivity (Wildman–Crippen MR) is 70.5 cm³/mol. The van der Waals surface area contributed by atoms with E-state index in [-0.39, 0.29) is 6.04 Å². The summed E-state index contributed by atoms with van der Waals surface area (Å²) in [7, 11) is 0. The van der Waals surface area contributed by atoms with Crippen molar-refractivity contribution >= 4 is 23.8 Å². The summed E-state index contributed by atoms with van der Waals surface area (Å²) < 4.78 is 0. The Balaban J connectivity index is 4.16. The third kappa shape index (κ3) is 7.10. The molecule has 2 amide bonds. The van der Waals surface area contributed by atoms with Crippen LogP contribution in [-0.2, 0) is 4.79 Å². The van der Waals surface area contributed by atoms with Crippen LogP contribution >= 0.6 is 11.8 Å². The van der Waals surface area contributed by atoms with Crippen molar-refractivity contribution in [2.24, 2.45) is 0 Å². The topological polar surface area (TPSA) is 78.4 Å². The summed E-state index contributed by atoms with van der Waals surface area (Å²) in [5, 5.41) is 14.2. The Morgan fingerprint density at radius 2 is 1.94 bits per heavy atom. The number of amides is 2. The lowest BCUT2D eigenvalue weighted by Gasteiger charge is -2.19. The lowest BCUT2D eigenvalue weighted by Crippen LogP contribution is -2.49. The lowest BCUT2D eigenvalue weighted by molar-refractivity contribution is -0.139. The van der Waals surface area contributed by atoms with Crippen LogP contribution in [0.4, 0.5) is 4.79 Å². The van der Waals surface area contributed by atoms with Crippen molar-refractivity contribution in [3.8, 4) is 0 Å². The van der Waals surface area contributed by atoms with Gasteiger partial charge in [0.05, 0.1) is 0 Å². The number of carboxylic acid groups (broad SMARTS) is 1. The first-order chi connectivity index (χ1) is 8.04. The van der Waals surface area contributed by atoms with Gasteiger partial charge in [-0.2, -0.15) is 11.8 Å². The highest BCUT2D eigenvalue weighted by atomic mass is 32.2. The molecule has 0 fully saturated rings. The van der Waals surface area contributed by atoms with E-state index in [1.54, 1.807) is 11.8 Å². The second-order valence-electron chi connectivity index (χ2n) is 3.86. The largest absolute Gasteiger partial charge is 0.480 e. The molecule has 5 nitrogen and oxygen atoms in total.